The van der Waals surface area contributed by atoms with Gasteiger partial charge in [0.2, 0.25) is 0 Å². The summed E-state index contributed by atoms with van der Waals surface area (Å²) in [5.41, 5.74) is 6.80. The van der Waals surface area contributed by atoms with E-state index >= 15 is 0 Å². The van der Waals surface area contributed by atoms with Gasteiger partial charge in [0, 0.05) is 0 Å². The summed E-state index contributed by atoms with van der Waals surface area (Å²) >= 11 is -0.673. The second kappa shape index (κ2) is 5.42. The standard InChI is InChI=1S/C12H13NO.In/c1-11(6-5-9-13)14-10-12-7-3-2-4-8-12;/h1-4,6-8H,9-10,13H2;. The molecule has 0 aromatic heterocycles. The van der Waals surface area contributed by atoms with Gasteiger partial charge in [-0.2, -0.15) is 0 Å². The Morgan fingerprint density at radius 1 is 1.20 bits per heavy atom. The van der Waals surface area contributed by atoms with Gasteiger partial charge in [-0.3, -0.25) is 0 Å². The van der Waals surface area contributed by atoms with Crippen LogP contribution >= 0.6 is 0 Å². The van der Waals surface area contributed by atoms with Crippen LogP contribution in [-0.2, 0) is 11.3 Å². The third kappa shape index (κ3) is 3.14. The number of allylic oxidation sites excluding steroid dienone is 1. The Bertz CT molecular complexity index is 384. The third-order valence-electron chi connectivity index (χ3n) is 2.27. The van der Waals surface area contributed by atoms with Crippen LogP contribution in [0.25, 0.3) is 0 Å². The molecule has 15 heavy (non-hydrogen) atoms. The molecule has 0 fully saturated rings. The maximum absolute atomic E-state index is 5.70. The molecule has 2 N–H and O–H groups in total. The molecular formula is C12H13InNO. The van der Waals surface area contributed by atoms with E-state index in [2.05, 4.69) is 22.0 Å². The minimum atomic E-state index is -0.673. The molecule has 1 aromatic rings. The van der Waals surface area contributed by atoms with Crippen LogP contribution in [0.3, 0.4) is 0 Å². The molecule has 0 atom stereocenters. The van der Waals surface area contributed by atoms with E-state index in [1.807, 2.05) is 18.2 Å². The van der Waals surface area contributed by atoms with Crippen LogP contribution in [0.1, 0.15) is 5.56 Å². The third-order valence-corrected chi connectivity index (χ3v) is 6.06. The first-order valence-corrected chi connectivity index (χ1v) is 8.56. The molecular weight excluding hydrogens is 289 g/mol. The zero-order valence-corrected chi connectivity index (χ0v) is 11.8. The predicted molar refractivity (Wildman–Crippen MR) is 62.2 cm³/mol. The summed E-state index contributed by atoms with van der Waals surface area (Å²) in [6.45, 7) is 1.36. The van der Waals surface area contributed by atoms with Gasteiger partial charge in [-0.1, -0.05) is 0 Å². The second-order valence-electron chi connectivity index (χ2n) is 3.43. The van der Waals surface area contributed by atoms with Gasteiger partial charge in [0.1, 0.15) is 0 Å². The monoisotopic (exact) mass is 302 g/mol. The molecule has 75 valence electrons. The molecule has 2 rings (SSSR count). The zero-order chi connectivity index (χ0) is 10.5. The SMILES string of the molecule is NC[C]1=CC(OCc2ccccc2)=[CH][In]1. The second-order valence-corrected chi connectivity index (χ2v) is 7.45. The molecule has 0 unspecified atom stereocenters. The number of ether oxygens (including phenoxy) is 1. The molecule has 1 radical (unpaired) electrons. The van der Waals surface area contributed by atoms with Crippen molar-refractivity contribution in [3.05, 3.63) is 54.9 Å². The Morgan fingerprint density at radius 3 is 2.67 bits per heavy atom. The van der Waals surface area contributed by atoms with Crippen LogP contribution in [0, 0.1) is 0 Å². The average Bonchev–Trinajstić information content (AvgIpc) is 2.76. The Morgan fingerprint density at radius 2 is 2.00 bits per heavy atom. The first kappa shape index (κ1) is 10.8. The van der Waals surface area contributed by atoms with Gasteiger partial charge in [0.05, 0.1) is 0 Å². The maximum atomic E-state index is 5.70. The van der Waals surface area contributed by atoms with Crippen molar-refractivity contribution < 1.29 is 4.74 Å². The topological polar surface area (TPSA) is 35.2 Å². The fourth-order valence-corrected chi connectivity index (χ4v) is 4.19. The summed E-state index contributed by atoms with van der Waals surface area (Å²) in [6, 6.07) is 10.2. The predicted octanol–water partition coefficient (Wildman–Crippen LogP) is 1.60. The molecule has 0 spiro atoms. The quantitative estimate of drug-likeness (QED) is 0.917. The molecule has 0 bridgehead atoms. The van der Waals surface area contributed by atoms with Gasteiger partial charge >= 0.3 is 101 Å². The number of hydrogen-bond acceptors (Lipinski definition) is 2. The van der Waals surface area contributed by atoms with Crippen molar-refractivity contribution in [2.24, 2.45) is 5.73 Å². The fourth-order valence-electron chi connectivity index (χ4n) is 1.43. The first-order chi connectivity index (χ1) is 7.38. The molecule has 2 nitrogen and oxygen atoms in total. The van der Waals surface area contributed by atoms with Gasteiger partial charge < -0.3 is 0 Å². The van der Waals surface area contributed by atoms with Gasteiger partial charge in [0.25, 0.3) is 0 Å². The molecule has 0 aliphatic carbocycles. The van der Waals surface area contributed by atoms with Crippen molar-refractivity contribution >= 4 is 22.9 Å². The summed E-state index contributed by atoms with van der Waals surface area (Å²) in [6.07, 6.45) is 2.12. The molecule has 0 saturated heterocycles. The van der Waals surface area contributed by atoms with E-state index in [0.29, 0.717) is 13.2 Å². The Labute approximate surface area is 101 Å². The Kier molecular flexibility index (Phi) is 3.92. The van der Waals surface area contributed by atoms with Crippen LogP contribution < -0.4 is 5.73 Å². The van der Waals surface area contributed by atoms with Crippen molar-refractivity contribution in [3.8, 4) is 0 Å². The number of hydrogen-bond donors (Lipinski definition) is 1. The van der Waals surface area contributed by atoms with E-state index < -0.39 is 22.9 Å². The van der Waals surface area contributed by atoms with E-state index in [1.165, 1.54) is 8.89 Å². The van der Waals surface area contributed by atoms with Crippen LogP contribution in [0.2, 0.25) is 0 Å². The van der Waals surface area contributed by atoms with E-state index in [-0.39, 0.29) is 0 Å². The van der Waals surface area contributed by atoms with Crippen molar-refractivity contribution in [1.82, 2.24) is 0 Å². The normalized spacial score (nSPS) is 14.2. The Balaban J connectivity index is 1.87. The van der Waals surface area contributed by atoms with Crippen molar-refractivity contribution in [2.75, 3.05) is 6.54 Å². The molecule has 0 saturated carbocycles. The Hall–Kier alpha value is -0.670. The van der Waals surface area contributed by atoms with Gasteiger partial charge in [-0.05, 0) is 0 Å². The summed E-state index contributed by atoms with van der Waals surface area (Å²) in [7, 11) is 0. The summed E-state index contributed by atoms with van der Waals surface area (Å²) in [4.78, 5) is 0. The number of nitrogens with two attached hydrogens (primary N) is 1. The summed E-state index contributed by atoms with van der Waals surface area (Å²) < 4.78 is 9.39. The van der Waals surface area contributed by atoms with Crippen LogP contribution in [0.15, 0.2) is 49.3 Å². The van der Waals surface area contributed by atoms with E-state index in [4.69, 9.17) is 10.5 Å². The van der Waals surface area contributed by atoms with E-state index in [9.17, 15) is 0 Å². The van der Waals surface area contributed by atoms with E-state index in [1.54, 1.807) is 0 Å². The average molecular weight is 302 g/mol. The molecule has 1 aliphatic rings. The first-order valence-electron chi connectivity index (χ1n) is 5.01. The molecule has 0 amide bonds. The van der Waals surface area contributed by atoms with Gasteiger partial charge in [-0.15, -0.1) is 0 Å². The fraction of sp³-hybridized carbons (Fsp3) is 0.167. The van der Waals surface area contributed by atoms with Crippen molar-refractivity contribution in [3.63, 3.8) is 0 Å². The van der Waals surface area contributed by atoms with Crippen LogP contribution in [-0.4, -0.2) is 29.5 Å². The van der Waals surface area contributed by atoms with Crippen LogP contribution in [0.5, 0.6) is 0 Å². The van der Waals surface area contributed by atoms with Gasteiger partial charge in [-0.25, -0.2) is 0 Å². The number of benzene rings is 1. The van der Waals surface area contributed by atoms with Crippen molar-refractivity contribution in [2.45, 2.75) is 6.61 Å². The van der Waals surface area contributed by atoms with Gasteiger partial charge in [0.15, 0.2) is 0 Å². The zero-order valence-electron chi connectivity index (χ0n) is 8.52. The molecule has 1 aromatic carbocycles. The summed E-state index contributed by atoms with van der Waals surface area (Å²) in [5.74, 6) is 1.03. The van der Waals surface area contributed by atoms with E-state index in [0.717, 1.165) is 5.76 Å². The summed E-state index contributed by atoms with van der Waals surface area (Å²) in [5, 5.41) is 0. The number of rotatable bonds is 4. The minimum absolute atomic E-state index is 0.656. The molecule has 1 aliphatic heterocycles. The molecule has 3 heteroatoms. The molecule has 1 heterocycles. The van der Waals surface area contributed by atoms with Crippen molar-refractivity contribution in [1.29, 1.82) is 0 Å². The van der Waals surface area contributed by atoms with Crippen LogP contribution in [0.4, 0.5) is 0 Å².